The molecule has 0 radical (unpaired) electrons. The van der Waals surface area contributed by atoms with Crippen molar-refractivity contribution in [2.45, 2.75) is 37.8 Å². The molecular weight excluding hydrogens is 235 g/mol. The highest BCUT2D eigenvalue weighted by molar-refractivity contribution is 5.28. The fourth-order valence-corrected chi connectivity index (χ4v) is 2.31. The van der Waals surface area contributed by atoms with Gasteiger partial charge in [-0.15, -0.1) is 4.79 Å². The number of alkyl halides is 3. The van der Waals surface area contributed by atoms with E-state index in [2.05, 4.69) is 5.10 Å². The van der Waals surface area contributed by atoms with Gasteiger partial charge in [0.05, 0.1) is 6.20 Å². The van der Waals surface area contributed by atoms with E-state index < -0.39 is 17.3 Å². The van der Waals surface area contributed by atoms with E-state index in [4.69, 9.17) is 5.84 Å². The molecule has 7 heteroatoms. The topological polar surface area (TPSA) is 60.9 Å². The molecule has 2 N–H and O–H groups in total. The summed E-state index contributed by atoms with van der Waals surface area (Å²) < 4.78 is 38.5. The van der Waals surface area contributed by atoms with Crippen LogP contribution in [0.2, 0.25) is 0 Å². The first-order chi connectivity index (χ1) is 7.91. The average molecular weight is 247 g/mol. The van der Waals surface area contributed by atoms with Crippen LogP contribution in [0.3, 0.4) is 0 Å². The van der Waals surface area contributed by atoms with E-state index in [0.29, 0.717) is 12.8 Å². The van der Waals surface area contributed by atoms with E-state index in [1.165, 1.54) is 0 Å². The molecule has 2 rings (SSSR count). The minimum atomic E-state index is -4.68. The van der Waals surface area contributed by atoms with Gasteiger partial charge in [0.2, 0.25) is 0 Å². The van der Waals surface area contributed by atoms with Gasteiger partial charge in [-0.05, 0) is 24.3 Å². The zero-order chi connectivity index (χ0) is 12.6. The molecule has 1 heterocycles. The molecular formula is C10H12F3N3O. The summed E-state index contributed by atoms with van der Waals surface area (Å²) in [5, 5.41) is 3.48. The van der Waals surface area contributed by atoms with Gasteiger partial charge in [-0.2, -0.15) is 18.3 Å². The van der Waals surface area contributed by atoms with Crippen molar-refractivity contribution in [3.8, 4) is 0 Å². The molecule has 17 heavy (non-hydrogen) atoms. The zero-order valence-electron chi connectivity index (χ0n) is 9.00. The fraction of sp³-hybridized carbons (Fsp3) is 0.600. The van der Waals surface area contributed by atoms with Crippen molar-refractivity contribution < 1.29 is 13.2 Å². The molecule has 0 amide bonds. The minimum Gasteiger partial charge on any atom is -0.320 e. The Morgan fingerprint density at radius 2 is 1.94 bits per heavy atom. The molecule has 1 saturated carbocycles. The number of nitrogen functional groups attached to an aromatic ring is 1. The Balaban J connectivity index is 2.59. The molecule has 0 bridgehead atoms. The summed E-state index contributed by atoms with van der Waals surface area (Å²) in [5.74, 6) is 4.85. The van der Waals surface area contributed by atoms with Crippen molar-refractivity contribution in [2.24, 2.45) is 0 Å². The molecule has 94 valence electrons. The first kappa shape index (κ1) is 11.9. The van der Waals surface area contributed by atoms with Crippen molar-refractivity contribution in [2.75, 3.05) is 5.84 Å². The second kappa shape index (κ2) is 4.05. The average Bonchev–Trinajstić information content (AvgIpc) is 2.73. The molecule has 0 saturated heterocycles. The fourth-order valence-electron chi connectivity index (χ4n) is 2.31. The van der Waals surface area contributed by atoms with Gasteiger partial charge in [0.15, 0.2) is 0 Å². The van der Waals surface area contributed by atoms with Gasteiger partial charge < -0.3 is 5.84 Å². The summed E-state index contributed by atoms with van der Waals surface area (Å²) in [6.07, 6.45) is -0.516. The summed E-state index contributed by atoms with van der Waals surface area (Å²) in [5.41, 5.74) is -2.45. The lowest BCUT2D eigenvalue weighted by Gasteiger charge is -2.16. The van der Waals surface area contributed by atoms with Crippen molar-refractivity contribution in [1.82, 2.24) is 9.89 Å². The van der Waals surface area contributed by atoms with Gasteiger partial charge in [-0.3, -0.25) is 4.79 Å². The molecule has 1 aliphatic rings. The van der Waals surface area contributed by atoms with E-state index >= 15 is 0 Å². The first-order valence-corrected chi connectivity index (χ1v) is 5.35. The Labute approximate surface area is 95.2 Å². The lowest BCUT2D eigenvalue weighted by atomic mass is 9.95. The summed E-state index contributed by atoms with van der Waals surface area (Å²) in [6, 6.07) is 0. The summed E-state index contributed by atoms with van der Waals surface area (Å²) in [7, 11) is 0. The lowest BCUT2D eigenvalue weighted by Crippen LogP contribution is -2.36. The predicted molar refractivity (Wildman–Crippen MR) is 54.9 cm³/mol. The van der Waals surface area contributed by atoms with Crippen LogP contribution in [0.1, 0.15) is 42.7 Å². The van der Waals surface area contributed by atoms with Crippen LogP contribution >= 0.6 is 0 Å². The number of nitrogens with two attached hydrogens (primary N) is 1. The van der Waals surface area contributed by atoms with Gasteiger partial charge in [0, 0.05) is 0 Å². The van der Waals surface area contributed by atoms with Crippen LogP contribution in [0.4, 0.5) is 13.2 Å². The van der Waals surface area contributed by atoms with E-state index in [9.17, 15) is 18.0 Å². The van der Waals surface area contributed by atoms with Crippen molar-refractivity contribution >= 4 is 0 Å². The third-order valence-corrected chi connectivity index (χ3v) is 3.11. The lowest BCUT2D eigenvalue weighted by molar-refractivity contribution is -0.139. The van der Waals surface area contributed by atoms with Crippen LogP contribution in [0.15, 0.2) is 11.0 Å². The molecule has 1 aromatic heterocycles. The smallest absolute Gasteiger partial charge is 0.320 e. The second-order valence-electron chi connectivity index (χ2n) is 4.20. The Hall–Kier alpha value is -1.53. The predicted octanol–water partition coefficient (Wildman–Crippen LogP) is 1.63. The molecule has 1 fully saturated rings. The highest BCUT2D eigenvalue weighted by Crippen LogP contribution is 2.39. The minimum absolute atomic E-state index is 0.0123. The normalized spacial score (nSPS) is 17.6. The van der Waals surface area contributed by atoms with E-state index in [1.807, 2.05) is 0 Å². The van der Waals surface area contributed by atoms with Crippen LogP contribution in [0, 0.1) is 0 Å². The molecule has 1 aromatic rings. The highest BCUT2D eigenvalue weighted by atomic mass is 19.4. The van der Waals surface area contributed by atoms with Gasteiger partial charge in [0.25, 0.3) is 5.56 Å². The van der Waals surface area contributed by atoms with Gasteiger partial charge in [0.1, 0.15) is 5.56 Å². The van der Waals surface area contributed by atoms with Crippen LogP contribution in [0.25, 0.3) is 0 Å². The Morgan fingerprint density at radius 1 is 1.35 bits per heavy atom. The number of hydrogen-bond donors (Lipinski definition) is 1. The monoisotopic (exact) mass is 247 g/mol. The van der Waals surface area contributed by atoms with Gasteiger partial charge in [-0.1, -0.05) is 12.8 Å². The maximum absolute atomic E-state index is 12.8. The number of hydrogen-bond acceptors (Lipinski definition) is 3. The number of aromatic nitrogens is 2. The SMILES string of the molecule is Nn1ncc(C2CCCC2)c(C(F)(F)F)c1=O. The molecule has 1 aliphatic carbocycles. The first-order valence-electron chi connectivity index (χ1n) is 5.35. The third-order valence-electron chi connectivity index (χ3n) is 3.11. The van der Waals surface area contributed by atoms with Crippen molar-refractivity contribution in [3.05, 3.63) is 27.7 Å². The van der Waals surface area contributed by atoms with Crippen LogP contribution in [-0.2, 0) is 6.18 Å². The van der Waals surface area contributed by atoms with Crippen LogP contribution < -0.4 is 11.4 Å². The van der Waals surface area contributed by atoms with Crippen molar-refractivity contribution in [1.29, 1.82) is 0 Å². The molecule has 0 unspecified atom stereocenters. The van der Waals surface area contributed by atoms with Crippen molar-refractivity contribution in [3.63, 3.8) is 0 Å². The quantitative estimate of drug-likeness (QED) is 0.767. The summed E-state index contributed by atoms with van der Waals surface area (Å²) in [6.45, 7) is 0. The Bertz CT molecular complexity index is 475. The summed E-state index contributed by atoms with van der Waals surface area (Å²) in [4.78, 5) is 11.7. The molecule has 0 atom stereocenters. The summed E-state index contributed by atoms with van der Waals surface area (Å²) >= 11 is 0. The standard InChI is InChI=1S/C10H12F3N3O/c11-10(12,13)8-7(6-3-1-2-4-6)5-15-16(14)9(8)17/h5-6H,1-4,14H2. The maximum atomic E-state index is 12.8. The number of nitrogens with zero attached hydrogens (tertiary/aromatic N) is 2. The van der Waals surface area contributed by atoms with E-state index in [0.717, 1.165) is 19.0 Å². The number of halogens is 3. The maximum Gasteiger partial charge on any atom is 0.422 e. The molecule has 0 aromatic carbocycles. The van der Waals surface area contributed by atoms with Gasteiger partial charge in [-0.25, -0.2) is 0 Å². The molecule has 0 spiro atoms. The molecule has 4 nitrogen and oxygen atoms in total. The number of rotatable bonds is 1. The Kier molecular flexibility index (Phi) is 2.84. The van der Waals surface area contributed by atoms with E-state index in [1.54, 1.807) is 0 Å². The third kappa shape index (κ3) is 2.13. The highest BCUT2D eigenvalue weighted by Gasteiger charge is 2.39. The van der Waals surface area contributed by atoms with Crippen LogP contribution in [0.5, 0.6) is 0 Å². The molecule has 0 aliphatic heterocycles. The largest absolute Gasteiger partial charge is 0.422 e. The zero-order valence-corrected chi connectivity index (χ0v) is 9.00. The second-order valence-corrected chi connectivity index (χ2v) is 4.20. The Morgan fingerprint density at radius 3 is 2.47 bits per heavy atom. The van der Waals surface area contributed by atoms with Gasteiger partial charge >= 0.3 is 6.18 Å². The van der Waals surface area contributed by atoms with Crippen LogP contribution in [-0.4, -0.2) is 9.89 Å². The van der Waals surface area contributed by atoms with E-state index in [-0.39, 0.29) is 16.3 Å².